The van der Waals surface area contributed by atoms with Crippen LogP contribution in [-0.2, 0) is 0 Å². The summed E-state index contributed by atoms with van der Waals surface area (Å²) in [5, 5.41) is 5.64. The van der Waals surface area contributed by atoms with E-state index < -0.39 is 0 Å². The first-order valence-corrected chi connectivity index (χ1v) is 18.4. The minimum atomic E-state index is 0.577. The third-order valence-corrected chi connectivity index (χ3v) is 10.1. The van der Waals surface area contributed by atoms with Gasteiger partial charge < -0.3 is 4.90 Å². The summed E-state index contributed by atoms with van der Waals surface area (Å²) >= 11 is 0. The van der Waals surface area contributed by atoms with Crippen molar-refractivity contribution in [3.63, 3.8) is 0 Å². The van der Waals surface area contributed by atoms with Gasteiger partial charge in [0.2, 0.25) is 0 Å². The molecular weight excluding hydrogens is 671 g/mol. The van der Waals surface area contributed by atoms with Gasteiger partial charge in [0.25, 0.3) is 0 Å². The number of rotatable bonds is 7. The molecule has 0 saturated carbocycles. The van der Waals surface area contributed by atoms with E-state index in [0.717, 1.165) is 66.7 Å². The fourth-order valence-electron chi connectivity index (χ4n) is 7.50. The fourth-order valence-corrected chi connectivity index (χ4v) is 7.50. The van der Waals surface area contributed by atoms with Crippen molar-refractivity contribution in [3.05, 3.63) is 200 Å². The second-order valence-electron chi connectivity index (χ2n) is 13.5. The highest BCUT2D eigenvalue weighted by Crippen LogP contribution is 2.41. The Hall–Kier alpha value is -7.50. The predicted octanol–water partition coefficient (Wildman–Crippen LogP) is 12.9. The van der Waals surface area contributed by atoms with E-state index in [1.54, 1.807) is 0 Å². The summed E-state index contributed by atoms with van der Waals surface area (Å²) in [6.45, 7) is 0. The first kappa shape index (κ1) is 32.2. The maximum atomic E-state index is 5.54. The summed E-state index contributed by atoms with van der Waals surface area (Å²) in [4.78, 5) is 23.0. The summed E-state index contributed by atoms with van der Waals surface area (Å²) in [7, 11) is 0. The Kier molecular flexibility index (Phi) is 8.08. The number of fused-ring (bicyclic) bond motifs is 5. The van der Waals surface area contributed by atoms with E-state index >= 15 is 0 Å². The van der Waals surface area contributed by atoms with Crippen LogP contribution in [0.3, 0.4) is 0 Å². The van der Waals surface area contributed by atoms with Gasteiger partial charge in [-0.05, 0) is 53.2 Å². The van der Waals surface area contributed by atoms with Gasteiger partial charge in [-0.25, -0.2) is 19.9 Å². The second kappa shape index (κ2) is 13.8. The van der Waals surface area contributed by atoms with Gasteiger partial charge in [-0.15, -0.1) is 0 Å². The molecular formula is C50H33N5. The van der Waals surface area contributed by atoms with Crippen LogP contribution in [0.2, 0.25) is 0 Å². The molecule has 0 aliphatic heterocycles. The zero-order valence-corrected chi connectivity index (χ0v) is 29.8. The Morgan fingerprint density at radius 2 is 0.818 bits per heavy atom. The van der Waals surface area contributed by atoms with Gasteiger partial charge in [0.05, 0.1) is 11.2 Å². The molecule has 0 unspecified atom stereocenters. The zero-order chi connectivity index (χ0) is 36.6. The molecule has 0 aliphatic rings. The van der Waals surface area contributed by atoms with E-state index in [2.05, 4.69) is 132 Å². The maximum absolute atomic E-state index is 5.54. The number of aromatic nitrogens is 4. The van der Waals surface area contributed by atoms with E-state index in [1.165, 1.54) is 10.8 Å². The third kappa shape index (κ3) is 5.94. The minimum Gasteiger partial charge on any atom is -0.311 e. The molecule has 10 aromatic rings. The first-order chi connectivity index (χ1) is 27.3. The van der Waals surface area contributed by atoms with Crippen LogP contribution in [0, 0.1) is 0 Å². The molecule has 5 heteroatoms. The minimum absolute atomic E-state index is 0.577. The van der Waals surface area contributed by atoms with Crippen LogP contribution in [0.25, 0.3) is 77.9 Å². The zero-order valence-electron chi connectivity index (χ0n) is 29.8. The molecule has 0 fully saturated rings. The Bertz CT molecular complexity index is 2850. The number of anilines is 3. The van der Waals surface area contributed by atoms with Crippen molar-refractivity contribution in [2.24, 2.45) is 0 Å². The molecule has 8 aromatic carbocycles. The van der Waals surface area contributed by atoms with Crippen LogP contribution in [0.4, 0.5) is 17.1 Å². The first-order valence-electron chi connectivity index (χ1n) is 18.4. The average molecular weight is 704 g/mol. The summed E-state index contributed by atoms with van der Waals surface area (Å²) in [6.07, 6.45) is 0. The number of pyridine rings is 1. The molecule has 0 radical (unpaired) electrons. The van der Waals surface area contributed by atoms with Gasteiger partial charge in [0.15, 0.2) is 17.5 Å². The van der Waals surface area contributed by atoms with Crippen molar-refractivity contribution in [3.8, 4) is 45.4 Å². The van der Waals surface area contributed by atoms with Crippen LogP contribution >= 0.6 is 0 Å². The quantitative estimate of drug-likeness (QED) is 0.155. The van der Waals surface area contributed by atoms with E-state index in [9.17, 15) is 0 Å². The van der Waals surface area contributed by atoms with Crippen LogP contribution in [0.5, 0.6) is 0 Å². The Labute approximate surface area is 318 Å². The monoisotopic (exact) mass is 703 g/mol. The SMILES string of the molecule is c1ccc(-c2nc(-c3ccccc3)nc(-c3cccc4c3nc(-c3ccc(N(c5ccccc5)c5ccccc5)cc3)c3ccc5ccccc5c34)n2)cc1. The molecule has 258 valence electrons. The molecule has 0 N–H and O–H groups in total. The normalized spacial score (nSPS) is 11.3. The summed E-state index contributed by atoms with van der Waals surface area (Å²) in [5.74, 6) is 1.81. The molecule has 55 heavy (non-hydrogen) atoms. The van der Waals surface area contributed by atoms with Crippen LogP contribution in [0.15, 0.2) is 200 Å². The van der Waals surface area contributed by atoms with Crippen LogP contribution in [-0.4, -0.2) is 19.9 Å². The van der Waals surface area contributed by atoms with Gasteiger partial charge in [-0.1, -0.05) is 158 Å². The fraction of sp³-hybridized carbons (Fsp3) is 0. The highest BCUT2D eigenvalue weighted by Gasteiger charge is 2.20. The Balaban J connectivity index is 1.21. The molecule has 2 aromatic heterocycles. The third-order valence-electron chi connectivity index (χ3n) is 10.1. The smallest absolute Gasteiger partial charge is 0.166 e. The largest absolute Gasteiger partial charge is 0.311 e. The van der Waals surface area contributed by atoms with Crippen LogP contribution in [0.1, 0.15) is 0 Å². The van der Waals surface area contributed by atoms with Crippen molar-refractivity contribution in [2.75, 3.05) is 4.90 Å². The molecule has 0 bridgehead atoms. The number of benzene rings is 8. The predicted molar refractivity (Wildman–Crippen MR) is 227 cm³/mol. The lowest BCUT2D eigenvalue weighted by molar-refractivity contribution is 1.07. The second-order valence-corrected chi connectivity index (χ2v) is 13.5. The number of nitrogens with zero attached hydrogens (tertiary/aromatic N) is 5. The van der Waals surface area contributed by atoms with Gasteiger partial charge >= 0.3 is 0 Å². The highest BCUT2D eigenvalue weighted by molar-refractivity contribution is 6.23. The average Bonchev–Trinajstić information content (AvgIpc) is 3.27. The molecule has 10 rings (SSSR count). The van der Waals surface area contributed by atoms with Crippen molar-refractivity contribution in [1.29, 1.82) is 0 Å². The maximum Gasteiger partial charge on any atom is 0.166 e. The van der Waals surface area contributed by atoms with Crippen molar-refractivity contribution in [1.82, 2.24) is 19.9 Å². The van der Waals surface area contributed by atoms with Gasteiger partial charge in [-0.2, -0.15) is 0 Å². The van der Waals surface area contributed by atoms with E-state index in [1.807, 2.05) is 72.8 Å². The van der Waals surface area contributed by atoms with Gasteiger partial charge in [0.1, 0.15) is 0 Å². The molecule has 0 aliphatic carbocycles. The molecule has 0 amide bonds. The number of hydrogen-bond acceptors (Lipinski definition) is 5. The molecule has 0 saturated heterocycles. The lowest BCUT2D eigenvalue weighted by Gasteiger charge is -2.25. The van der Waals surface area contributed by atoms with Crippen molar-refractivity contribution < 1.29 is 0 Å². The number of para-hydroxylation sites is 3. The lowest BCUT2D eigenvalue weighted by Crippen LogP contribution is -2.09. The molecule has 5 nitrogen and oxygen atoms in total. The molecule has 2 heterocycles. The molecule has 0 spiro atoms. The Morgan fingerprint density at radius 3 is 1.44 bits per heavy atom. The van der Waals surface area contributed by atoms with Crippen molar-refractivity contribution in [2.45, 2.75) is 0 Å². The van der Waals surface area contributed by atoms with E-state index in [0.29, 0.717) is 17.5 Å². The highest BCUT2D eigenvalue weighted by atomic mass is 15.1. The lowest BCUT2D eigenvalue weighted by atomic mass is 9.94. The van der Waals surface area contributed by atoms with Gasteiger partial charge in [0, 0.05) is 55.5 Å². The summed E-state index contributed by atoms with van der Waals surface area (Å²) in [6, 6.07) is 69.2. The summed E-state index contributed by atoms with van der Waals surface area (Å²) < 4.78 is 0. The summed E-state index contributed by atoms with van der Waals surface area (Å²) in [5.41, 5.74) is 8.70. The van der Waals surface area contributed by atoms with Crippen LogP contribution < -0.4 is 4.90 Å². The molecule has 0 atom stereocenters. The van der Waals surface area contributed by atoms with Crippen molar-refractivity contribution >= 4 is 49.5 Å². The Morgan fingerprint density at radius 1 is 0.309 bits per heavy atom. The van der Waals surface area contributed by atoms with E-state index in [4.69, 9.17) is 19.9 Å². The number of hydrogen-bond donors (Lipinski definition) is 0. The van der Waals surface area contributed by atoms with E-state index in [-0.39, 0.29) is 0 Å². The standard InChI is InChI=1S/C50H33N5/c1-5-17-36(18-6-1)48-52-49(37-19-7-2-8-20-37)54-50(53-48)44-27-15-26-42-45-41-25-14-13-16-34(41)30-33-43(45)46(51-47(42)44)35-28-31-40(32-29-35)55(38-21-9-3-10-22-38)39-23-11-4-12-24-39/h1-33H. The van der Waals surface area contributed by atoms with Gasteiger partial charge in [-0.3, -0.25) is 0 Å². The topological polar surface area (TPSA) is 54.8 Å².